The van der Waals surface area contributed by atoms with Crippen LogP contribution in [0.25, 0.3) is 0 Å². The zero-order valence-electron chi connectivity index (χ0n) is 13.6. The van der Waals surface area contributed by atoms with Crippen LogP contribution >= 0.6 is 0 Å². The van der Waals surface area contributed by atoms with Crippen molar-refractivity contribution in [2.75, 3.05) is 13.2 Å². The summed E-state index contributed by atoms with van der Waals surface area (Å²) in [5.74, 6) is 3.91. The number of aliphatic hydroxyl groups is 1. The summed E-state index contributed by atoms with van der Waals surface area (Å²) in [6, 6.07) is 15.5. The van der Waals surface area contributed by atoms with Gasteiger partial charge in [0, 0.05) is 5.56 Å². The number of carbonyl (C=O) groups excluding carboxylic acids is 1. The molecular weight excluding hydrogens is 347 g/mol. The van der Waals surface area contributed by atoms with Gasteiger partial charge in [-0.2, -0.15) is 13.2 Å². The Morgan fingerprint density at radius 3 is 2.58 bits per heavy atom. The third-order valence-corrected chi connectivity index (χ3v) is 3.22. The van der Waals surface area contributed by atoms with E-state index >= 15 is 0 Å². The smallest absolute Gasteiger partial charge is 0.471 e. The maximum atomic E-state index is 12.0. The molecule has 0 heterocycles. The number of halogens is 3. The lowest BCUT2D eigenvalue weighted by molar-refractivity contribution is -0.173. The van der Waals surface area contributed by atoms with Gasteiger partial charge in [-0.1, -0.05) is 48.2 Å². The molecule has 0 radical (unpaired) electrons. The number of ether oxygens (including phenoxy) is 1. The fraction of sp³-hybridized carbons (Fsp3) is 0.211. The van der Waals surface area contributed by atoms with Gasteiger partial charge in [0.05, 0.1) is 6.54 Å². The molecule has 1 amide bonds. The lowest BCUT2D eigenvalue weighted by Gasteiger charge is -2.09. The van der Waals surface area contributed by atoms with Crippen molar-refractivity contribution in [2.45, 2.75) is 12.3 Å². The van der Waals surface area contributed by atoms with Crippen molar-refractivity contribution in [3.05, 3.63) is 65.7 Å². The van der Waals surface area contributed by atoms with Crippen LogP contribution in [0, 0.1) is 11.8 Å². The monoisotopic (exact) mass is 363 g/mol. The van der Waals surface area contributed by atoms with Crippen LogP contribution in [-0.4, -0.2) is 30.3 Å². The SMILES string of the molecule is O=C(NCCOc1cccc(C#CC(O)c2ccccc2)c1)C(F)(F)F. The number of alkyl halides is 3. The molecule has 0 aliphatic heterocycles. The first-order chi connectivity index (χ1) is 12.4. The molecule has 0 saturated carbocycles. The summed E-state index contributed by atoms with van der Waals surface area (Å²) >= 11 is 0. The molecule has 0 spiro atoms. The number of benzene rings is 2. The molecule has 26 heavy (non-hydrogen) atoms. The molecule has 0 aliphatic carbocycles. The summed E-state index contributed by atoms with van der Waals surface area (Å²) in [6.07, 6.45) is -5.84. The summed E-state index contributed by atoms with van der Waals surface area (Å²) in [5.41, 5.74) is 1.25. The van der Waals surface area contributed by atoms with Gasteiger partial charge in [0.2, 0.25) is 0 Å². The number of amides is 1. The lowest BCUT2D eigenvalue weighted by Crippen LogP contribution is -2.38. The van der Waals surface area contributed by atoms with Crippen LogP contribution in [0.4, 0.5) is 13.2 Å². The topological polar surface area (TPSA) is 58.6 Å². The van der Waals surface area contributed by atoms with Gasteiger partial charge in [-0.25, -0.2) is 0 Å². The summed E-state index contributed by atoms with van der Waals surface area (Å²) in [4.78, 5) is 10.7. The minimum atomic E-state index is -4.91. The molecule has 0 aliphatic rings. The third-order valence-electron chi connectivity index (χ3n) is 3.22. The van der Waals surface area contributed by atoms with Crippen molar-refractivity contribution in [2.24, 2.45) is 0 Å². The second kappa shape index (κ2) is 8.92. The van der Waals surface area contributed by atoms with Crippen LogP contribution < -0.4 is 10.1 Å². The number of hydrogen-bond donors (Lipinski definition) is 2. The Balaban J connectivity index is 1.88. The van der Waals surface area contributed by atoms with E-state index in [0.717, 1.165) is 0 Å². The molecule has 1 atom stereocenters. The molecule has 2 N–H and O–H groups in total. The minimum absolute atomic E-state index is 0.120. The van der Waals surface area contributed by atoms with Crippen LogP contribution in [0.3, 0.4) is 0 Å². The second-order valence-electron chi connectivity index (χ2n) is 5.21. The largest absolute Gasteiger partial charge is 0.492 e. The molecule has 0 fully saturated rings. The van der Waals surface area contributed by atoms with E-state index in [0.29, 0.717) is 16.9 Å². The predicted octanol–water partition coefficient (Wildman–Crippen LogP) is 2.83. The summed E-state index contributed by atoms with van der Waals surface area (Å²) in [5, 5.41) is 11.7. The Morgan fingerprint density at radius 1 is 1.15 bits per heavy atom. The zero-order chi connectivity index (χ0) is 19.0. The fourth-order valence-electron chi connectivity index (χ4n) is 1.97. The van der Waals surface area contributed by atoms with Gasteiger partial charge in [0.15, 0.2) is 0 Å². The average molecular weight is 363 g/mol. The highest BCUT2D eigenvalue weighted by molar-refractivity contribution is 5.81. The molecule has 2 aromatic rings. The van der Waals surface area contributed by atoms with Crippen LogP contribution in [0.5, 0.6) is 5.75 Å². The first kappa shape index (κ1) is 19.3. The third kappa shape index (κ3) is 6.15. The molecule has 0 bridgehead atoms. The Labute approximate surface area is 148 Å². The highest BCUT2D eigenvalue weighted by Crippen LogP contribution is 2.15. The first-order valence-electron chi connectivity index (χ1n) is 7.69. The summed E-state index contributed by atoms with van der Waals surface area (Å²) in [6.45, 7) is -0.397. The summed E-state index contributed by atoms with van der Waals surface area (Å²) < 4.78 is 41.4. The highest BCUT2D eigenvalue weighted by Gasteiger charge is 2.38. The van der Waals surface area contributed by atoms with E-state index in [1.165, 1.54) is 0 Å². The molecule has 0 aromatic heterocycles. The Kier molecular flexibility index (Phi) is 6.64. The number of rotatable bonds is 5. The predicted molar refractivity (Wildman–Crippen MR) is 89.3 cm³/mol. The van der Waals surface area contributed by atoms with Crippen molar-refractivity contribution in [1.82, 2.24) is 5.32 Å². The van der Waals surface area contributed by atoms with Gasteiger partial charge in [-0.15, -0.1) is 0 Å². The Hall–Kier alpha value is -2.98. The van der Waals surface area contributed by atoms with E-state index in [1.807, 2.05) is 6.07 Å². The number of nitrogens with one attached hydrogen (secondary N) is 1. The standard InChI is InChI=1S/C19H16F3NO3/c20-19(21,22)18(25)23-11-12-26-16-8-4-5-14(13-16)9-10-17(24)15-6-2-1-3-7-15/h1-8,13,17,24H,11-12H2,(H,23,25). The number of aliphatic hydroxyl groups excluding tert-OH is 1. The van der Waals surface area contributed by atoms with E-state index in [9.17, 15) is 23.1 Å². The highest BCUT2D eigenvalue weighted by atomic mass is 19.4. The molecule has 0 saturated heterocycles. The normalized spacial score (nSPS) is 11.8. The molecule has 2 rings (SSSR count). The van der Waals surface area contributed by atoms with Crippen LogP contribution in [-0.2, 0) is 4.79 Å². The first-order valence-corrected chi connectivity index (χ1v) is 7.69. The minimum Gasteiger partial charge on any atom is -0.492 e. The molecule has 2 aromatic carbocycles. The number of carbonyl (C=O) groups is 1. The Bertz CT molecular complexity index is 795. The van der Waals surface area contributed by atoms with E-state index in [1.54, 1.807) is 53.8 Å². The van der Waals surface area contributed by atoms with E-state index in [-0.39, 0.29) is 13.2 Å². The van der Waals surface area contributed by atoms with Gasteiger partial charge >= 0.3 is 12.1 Å². The fourth-order valence-corrected chi connectivity index (χ4v) is 1.97. The maximum Gasteiger partial charge on any atom is 0.471 e. The van der Waals surface area contributed by atoms with Gasteiger partial charge < -0.3 is 15.2 Å². The number of hydrogen-bond acceptors (Lipinski definition) is 3. The van der Waals surface area contributed by atoms with Gasteiger partial charge in [0.1, 0.15) is 18.5 Å². The summed E-state index contributed by atoms with van der Waals surface area (Å²) in [7, 11) is 0. The maximum absolute atomic E-state index is 12.0. The van der Waals surface area contributed by atoms with Crippen LogP contribution in [0.15, 0.2) is 54.6 Å². The van der Waals surface area contributed by atoms with E-state index in [4.69, 9.17) is 4.74 Å². The average Bonchev–Trinajstić information content (AvgIpc) is 2.63. The van der Waals surface area contributed by atoms with Gasteiger partial charge in [-0.3, -0.25) is 4.79 Å². The van der Waals surface area contributed by atoms with Crippen LogP contribution in [0.2, 0.25) is 0 Å². The molecule has 7 heteroatoms. The van der Waals surface area contributed by atoms with Gasteiger partial charge in [-0.05, 0) is 23.8 Å². The van der Waals surface area contributed by atoms with Gasteiger partial charge in [0.25, 0.3) is 0 Å². The Morgan fingerprint density at radius 2 is 1.88 bits per heavy atom. The zero-order valence-corrected chi connectivity index (χ0v) is 13.6. The van der Waals surface area contributed by atoms with Crippen LogP contribution in [0.1, 0.15) is 17.2 Å². The van der Waals surface area contributed by atoms with Crippen molar-refractivity contribution in [3.63, 3.8) is 0 Å². The van der Waals surface area contributed by atoms with E-state index < -0.39 is 18.2 Å². The molecule has 136 valence electrons. The van der Waals surface area contributed by atoms with Crippen molar-refractivity contribution >= 4 is 5.91 Å². The molecular formula is C19H16F3NO3. The van der Waals surface area contributed by atoms with Crippen molar-refractivity contribution < 1.29 is 27.8 Å². The molecule has 1 unspecified atom stereocenters. The van der Waals surface area contributed by atoms with Crippen molar-refractivity contribution in [3.8, 4) is 17.6 Å². The lowest BCUT2D eigenvalue weighted by atomic mass is 10.1. The quantitative estimate of drug-likeness (QED) is 0.634. The van der Waals surface area contributed by atoms with Crippen molar-refractivity contribution in [1.29, 1.82) is 0 Å². The van der Waals surface area contributed by atoms with E-state index in [2.05, 4.69) is 11.8 Å². The second-order valence-corrected chi connectivity index (χ2v) is 5.21. The molecule has 4 nitrogen and oxygen atoms in total.